The van der Waals surface area contributed by atoms with Crippen LogP contribution in [0.4, 0.5) is 13.2 Å². The van der Waals surface area contributed by atoms with Gasteiger partial charge in [-0.2, -0.15) is 13.2 Å². The van der Waals surface area contributed by atoms with E-state index < -0.39 is 31.8 Å². The molecule has 0 aromatic heterocycles. The first-order valence-electron chi connectivity index (χ1n) is 8.78. The van der Waals surface area contributed by atoms with Gasteiger partial charge in [0.05, 0.1) is 25.5 Å². The van der Waals surface area contributed by atoms with Crippen molar-refractivity contribution in [1.82, 2.24) is 0 Å². The molecule has 0 aliphatic rings. The molecule has 0 fully saturated rings. The van der Waals surface area contributed by atoms with E-state index in [0.717, 1.165) is 11.3 Å². The highest BCUT2D eigenvalue weighted by Gasteiger charge is 2.35. The first-order valence-corrected chi connectivity index (χ1v) is 11.8. The molecule has 6 nitrogen and oxygen atoms in total. The number of halogens is 3. The van der Waals surface area contributed by atoms with Crippen molar-refractivity contribution in [3.63, 3.8) is 0 Å². The predicted octanol–water partition coefficient (Wildman–Crippen LogP) is 3.18. The number of benzene rings is 2. The Morgan fingerprint density at radius 1 is 1.00 bits per heavy atom. The van der Waals surface area contributed by atoms with Crippen molar-refractivity contribution in [3.8, 4) is 11.5 Å². The van der Waals surface area contributed by atoms with E-state index in [9.17, 15) is 27.9 Å². The fourth-order valence-electron chi connectivity index (χ4n) is 2.69. The zero-order valence-electron chi connectivity index (χ0n) is 16.7. The third kappa shape index (κ3) is 6.80. The van der Waals surface area contributed by atoms with Crippen LogP contribution in [0.25, 0.3) is 0 Å². The highest BCUT2D eigenvalue weighted by Crippen LogP contribution is 2.29. The van der Waals surface area contributed by atoms with Gasteiger partial charge in [0.15, 0.2) is 11.5 Å². The summed E-state index contributed by atoms with van der Waals surface area (Å²) in [6.45, 7) is 3.86. The second-order valence-corrected chi connectivity index (χ2v) is 11.2. The number of carboxylic acid groups (broad SMARTS) is 2. The highest BCUT2D eigenvalue weighted by molar-refractivity contribution is 7.01. The van der Waals surface area contributed by atoms with Gasteiger partial charge in [0.2, 0.25) is 0 Å². The molecule has 2 aromatic rings. The number of alkyl halides is 3. The van der Waals surface area contributed by atoms with Crippen molar-refractivity contribution in [2.45, 2.75) is 32.1 Å². The van der Waals surface area contributed by atoms with Gasteiger partial charge in [-0.1, -0.05) is 54.7 Å². The van der Waals surface area contributed by atoms with Gasteiger partial charge < -0.3 is 20.1 Å². The standard InChI is InChI=1S/C16H17F3O2Si.C4H6O4/c1-21-15-13(20)8-5-9-14(15)22(2,3)12-7-4-6-11(10-12)16(17,18)19;5-3(6)1-2-4(7)8/h4-10,20H,1-3H3;1-2H2,(H,5,6)(H,7,8). The first kappa shape index (κ1) is 25.0. The third-order valence-electron chi connectivity index (χ3n) is 4.34. The molecule has 2 aromatic carbocycles. The number of aliphatic carboxylic acids is 2. The second-order valence-electron chi connectivity index (χ2n) is 6.85. The van der Waals surface area contributed by atoms with E-state index in [4.69, 9.17) is 14.9 Å². The molecule has 0 spiro atoms. The number of rotatable bonds is 6. The molecule has 10 heteroatoms. The van der Waals surface area contributed by atoms with Crippen molar-refractivity contribution in [3.05, 3.63) is 48.0 Å². The lowest BCUT2D eigenvalue weighted by atomic mass is 10.2. The number of aromatic hydroxyl groups is 1. The number of ether oxygens (including phenoxy) is 1. The Balaban J connectivity index is 0.000000479. The molecule has 3 N–H and O–H groups in total. The summed E-state index contributed by atoms with van der Waals surface area (Å²) in [5.41, 5.74) is -0.662. The maximum atomic E-state index is 12.9. The Labute approximate surface area is 172 Å². The molecule has 30 heavy (non-hydrogen) atoms. The van der Waals surface area contributed by atoms with Crippen LogP contribution in [0.2, 0.25) is 13.1 Å². The summed E-state index contributed by atoms with van der Waals surface area (Å²) in [7, 11) is -1.01. The predicted molar refractivity (Wildman–Crippen MR) is 107 cm³/mol. The van der Waals surface area contributed by atoms with Crippen LogP contribution in [0.15, 0.2) is 42.5 Å². The summed E-state index contributed by atoms with van der Waals surface area (Å²) in [5.74, 6) is -1.83. The lowest BCUT2D eigenvalue weighted by molar-refractivity contribution is -0.143. The van der Waals surface area contributed by atoms with E-state index in [-0.39, 0.29) is 18.6 Å². The Morgan fingerprint density at radius 3 is 2.00 bits per heavy atom. The van der Waals surface area contributed by atoms with E-state index in [1.807, 2.05) is 13.1 Å². The topological polar surface area (TPSA) is 104 Å². The van der Waals surface area contributed by atoms with Gasteiger partial charge in [0, 0.05) is 0 Å². The van der Waals surface area contributed by atoms with Gasteiger partial charge >= 0.3 is 18.1 Å². The zero-order chi connectivity index (χ0) is 23.1. The van der Waals surface area contributed by atoms with Crippen molar-refractivity contribution < 1.29 is 42.8 Å². The normalized spacial score (nSPS) is 11.3. The van der Waals surface area contributed by atoms with Crippen molar-refractivity contribution in [1.29, 1.82) is 0 Å². The Morgan fingerprint density at radius 2 is 1.53 bits per heavy atom. The first-order chi connectivity index (χ1) is 13.8. The maximum absolute atomic E-state index is 12.9. The number of para-hydroxylation sites is 1. The molecule has 0 bridgehead atoms. The number of carboxylic acids is 2. The lowest BCUT2D eigenvalue weighted by Crippen LogP contribution is -2.53. The number of phenols is 1. The fraction of sp³-hybridized carbons (Fsp3) is 0.300. The van der Waals surface area contributed by atoms with Crippen LogP contribution in [-0.4, -0.2) is 42.4 Å². The van der Waals surface area contributed by atoms with Gasteiger partial charge in [-0.05, 0) is 11.3 Å². The molecule has 0 radical (unpaired) electrons. The Bertz CT molecular complexity index is 882. The SMILES string of the molecule is COc1c(O)cccc1[Si](C)(C)c1cccc(C(F)(F)F)c1.O=C(O)CCC(=O)O. The number of hydrogen-bond acceptors (Lipinski definition) is 4. The molecule has 0 amide bonds. The van der Waals surface area contributed by atoms with Gasteiger partial charge in [-0.25, -0.2) is 0 Å². The van der Waals surface area contributed by atoms with Gasteiger partial charge in [0.25, 0.3) is 0 Å². The number of hydrogen-bond donors (Lipinski definition) is 3. The van der Waals surface area contributed by atoms with E-state index in [2.05, 4.69) is 0 Å². The van der Waals surface area contributed by atoms with E-state index in [0.29, 0.717) is 10.9 Å². The van der Waals surface area contributed by atoms with Crippen LogP contribution >= 0.6 is 0 Å². The molecule has 0 aliphatic heterocycles. The second kappa shape index (κ2) is 10.1. The summed E-state index contributed by atoms with van der Waals surface area (Å²) < 4.78 is 44.0. The number of carbonyl (C=O) groups is 2. The maximum Gasteiger partial charge on any atom is 0.416 e. The summed E-state index contributed by atoms with van der Waals surface area (Å²) in [5, 5.41) is 27.1. The molecule has 0 aliphatic carbocycles. The molecule has 2 rings (SSSR count). The Hall–Kier alpha value is -3.01. The van der Waals surface area contributed by atoms with Crippen LogP contribution < -0.4 is 15.1 Å². The minimum atomic E-state index is -4.37. The highest BCUT2D eigenvalue weighted by atomic mass is 28.3. The van der Waals surface area contributed by atoms with Crippen LogP contribution in [-0.2, 0) is 15.8 Å². The minimum absolute atomic E-state index is 0.00690. The summed E-state index contributed by atoms with van der Waals surface area (Å²) in [6, 6.07) is 10.3. The van der Waals surface area contributed by atoms with Crippen molar-refractivity contribution in [2.24, 2.45) is 0 Å². The van der Waals surface area contributed by atoms with Gasteiger partial charge in [0.1, 0.15) is 8.07 Å². The van der Waals surface area contributed by atoms with E-state index >= 15 is 0 Å². The molecular weight excluding hydrogens is 421 g/mol. The molecule has 0 unspecified atom stereocenters. The molecular formula is C20H23F3O6Si. The molecule has 164 valence electrons. The molecule has 0 saturated heterocycles. The van der Waals surface area contributed by atoms with E-state index in [1.54, 1.807) is 18.2 Å². The summed E-state index contributed by atoms with van der Waals surface area (Å²) in [4.78, 5) is 19.3. The monoisotopic (exact) mass is 444 g/mol. The number of methoxy groups -OCH3 is 1. The zero-order valence-corrected chi connectivity index (χ0v) is 17.7. The lowest BCUT2D eigenvalue weighted by Gasteiger charge is -2.26. The van der Waals surface area contributed by atoms with Crippen molar-refractivity contribution >= 4 is 30.4 Å². The third-order valence-corrected chi connectivity index (χ3v) is 7.83. The van der Waals surface area contributed by atoms with Gasteiger partial charge in [-0.3, -0.25) is 9.59 Å². The Kier molecular flexibility index (Phi) is 8.46. The molecule has 0 heterocycles. The molecule has 0 atom stereocenters. The summed E-state index contributed by atoms with van der Waals surface area (Å²) in [6.07, 6.45) is -4.96. The average molecular weight is 444 g/mol. The van der Waals surface area contributed by atoms with E-state index in [1.165, 1.54) is 25.3 Å². The quantitative estimate of drug-likeness (QED) is 0.592. The molecule has 0 saturated carbocycles. The van der Waals surface area contributed by atoms with Crippen LogP contribution in [0.3, 0.4) is 0 Å². The average Bonchev–Trinajstić information content (AvgIpc) is 2.66. The van der Waals surface area contributed by atoms with Crippen LogP contribution in [0.5, 0.6) is 11.5 Å². The fourth-order valence-corrected chi connectivity index (χ4v) is 5.34. The minimum Gasteiger partial charge on any atom is -0.504 e. The van der Waals surface area contributed by atoms with Crippen molar-refractivity contribution in [2.75, 3.05) is 7.11 Å². The largest absolute Gasteiger partial charge is 0.504 e. The number of phenolic OH excluding ortho intramolecular Hbond substituents is 1. The smallest absolute Gasteiger partial charge is 0.416 e. The van der Waals surface area contributed by atoms with Gasteiger partial charge in [-0.15, -0.1) is 0 Å². The van der Waals surface area contributed by atoms with Crippen LogP contribution in [0.1, 0.15) is 18.4 Å². The van der Waals surface area contributed by atoms with Crippen LogP contribution in [0, 0.1) is 0 Å². The summed E-state index contributed by atoms with van der Waals surface area (Å²) >= 11 is 0.